The van der Waals surface area contributed by atoms with E-state index in [4.69, 9.17) is 4.84 Å². The van der Waals surface area contributed by atoms with Crippen LogP contribution in [0.25, 0.3) is 0 Å². The molecular weight excluding hydrogens is 272 g/mol. The van der Waals surface area contributed by atoms with Gasteiger partial charge in [0, 0.05) is 9.75 Å². The van der Waals surface area contributed by atoms with Gasteiger partial charge in [0.15, 0.2) is 0 Å². The summed E-state index contributed by atoms with van der Waals surface area (Å²) in [6.45, 7) is 2.99. The third-order valence-corrected chi connectivity index (χ3v) is 3.97. The number of carbonyl (C=O) groups is 1. The molecule has 1 heterocycles. The Morgan fingerprint density at radius 3 is 2.60 bits per heavy atom. The predicted molar refractivity (Wildman–Crippen MR) is 80.3 cm³/mol. The van der Waals surface area contributed by atoms with Crippen LogP contribution in [0.4, 0.5) is 4.79 Å². The maximum absolute atomic E-state index is 11.5. The molecule has 1 aromatic heterocycles. The molecule has 0 aliphatic rings. The summed E-state index contributed by atoms with van der Waals surface area (Å²) in [6.07, 6.45) is 1.02. The molecule has 0 radical (unpaired) electrons. The van der Waals surface area contributed by atoms with Gasteiger partial charge >= 0.3 is 6.03 Å². The van der Waals surface area contributed by atoms with Gasteiger partial charge in [-0.25, -0.2) is 10.3 Å². The van der Waals surface area contributed by atoms with E-state index in [9.17, 15) is 4.79 Å². The van der Waals surface area contributed by atoms with Gasteiger partial charge in [0.1, 0.15) is 0 Å². The van der Waals surface area contributed by atoms with Gasteiger partial charge in [-0.05, 0) is 24.1 Å². The van der Waals surface area contributed by atoms with Gasteiger partial charge in [0.05, 0.1) is 13.2 Å². The summed E-state index contributed by atoms with van der Waals surface area (Å²) in [6, 6.07) is 13.5. The summed E-state index contributed by atoms with van der Waals surface area (Å²) in [5, 5.41) is 2.76. The van der Waals surface area contributed by atoms with Gasteiger partial charge in [-0.2, -0.15) is 0 Å². The van der Waals surface area contributed by atoms with Crippen molar-refractivity contribution in [2.45, 2.75) is 26.5 Å². The second kappa shape index (κ2) is 7.67. The maximum atomic E-state index is 11.5. The number of hydrogen-bond acceptors (Lipinski definition) is 3. The van der Waals surface area contributed by atoms with Gasteiger partial charge in [-0.15, -0.1) is 11.3 Å². The van der Waals surface area contributed by atoms with Crippen LogP contribution in [0.5, 0.6) is 0 Å². The average Bonchev–Trinajstić information content (AvgIpc) is 2.94. The van der Waals surface area contributed by atoms with Crippen molar-refractivity contribution in [3.8, 4) is 0 Å². The van der Waals surface area contributed by atoms with Crippen molar-refractivity contribution in [1.29, 1.82) is 0 Å². The third kappa shape index (κ3) is 4.68. The van der Waals surface area contributed by atoms with Crippen molar-refractivity contribution < 1.29 is 9.63 Å². The zero-order valence-corrected chi connectivity index (χ0v) is 12.2. The first kappa shape index (κ1) is 14.6. The number of rotatable bonds is 6. The van der Waals surface area contributed by atoms with Crippen LogP contribution in [0.1, 0.15) is 22.2 Å². The Morgan fingerprint density at radius 1 is 1.15 bits per heavy atom. The normalized spacial score (nSPS) is 10.2. The molecule has 2 N–H and O–H groups in total. The number of hydrogen-bond donors (Lipinski definition) is 2. The maximum Gasteiger partial charge on any atom is 0.339 e. The Bertz CT molecular complexity index is 540. The monoisotopic (exact) mass is 290 g/mol. The fraction of sp³-hybridized carbons (Fsp3) is 0.267. The van der Waals surface area contributed by atoms with Crippen molar-refractivity contribution in [3.05, 3.63) is 57.8 Å². The Kier molecular flexibility index (Phi) is 5.58. The number of thiophene rings is 1. The number of hydroxylamine groups is 1. The first-order chi connectivity index (χ1) is 9.78. The van der Waals surface area contributed by atoms with Gasteiger partial charge < -0.3 is 5.32 Å². The molecule has 0 unspecified atom stereocenters. The Hall–Kier alpha value is -1.85. The fourth-order valence-electron chi connectivity index (χ4n) is 1.67. The molecular formula is C15H18N2O2S. The summed E-state index contributed by atoms with van der Waals surface area (Å²) >= 11 is 1.71. The summed E-state index contributed by atoms with van der Waals surface area (Å²) in [7, 11) is 0. The molecule has 1 aromatic carbocycles. The smallest absolute Gasteiger partial charge is 0.331 e. The van der Waals surface area contributed by atoms with E-state index in [0.29, 0.717) is 13.2 Å². The van der Waals surface area contributed by atoms with Gasteiger partial charge in [0.2, 0.25) is 0 Å². The van der Waals surface area contributed by atoms with Crippen LogP contribution in [0.2, 0.25) is 0 Å². The van der Waals surface area contributed by atoms with E-state index in [2.05, 4.69) is 23.8 Å². The van der Waals surface area contributed by atoms with Crippen molar-refractivity contribution in [3.63, 3.8) is 0 Å². The quantitative estimate of drug-likeness (QED) is 0.802. The Balaban J connectivity index is 1.65. The molecule has 2 rings (SSSR count). The van der Waals surface area contributed by atoms with E-state index in [1.54, 1.807) is 11.3 Å². The summed E-state index contributed by atoms with van der Waals surface area (Å²) in [5.41, 5.74) is 3.39. The minimum absolute atomic E-state index is 0.327. The topological polar surface area (TPSA) is 50.4 Å². The Labute approximate surface area is 122 Å². The van der Waals surface area contributed by atoms with Crippen molar-refractivity contribution in [1.82, 2.24) is 10.8 Å². The summed E-state index contributed by atoms with van der Waals surface area (Å²) in [4.78, 5) is 19.1. The van der Waals surface area contributed by atoms with Gasteiger partial charge in [-0.3, -0.25) is 4.84 Å². The first-order valence-electron chi connectivity index (χ1n) is 6.55. The zero-order chi connectivity index (χ0) is 14.2. The number of benzene rings is 1. The molecule has 0 spiro atoms. The van der Waals surface area contributed by atoms with E-state index in [0.717, 1.165) is 16.9 Å². The number of carbonyl (C=O) groups excluding carboxylic acids is 1. The second-order valence-corrected chi connectivity index (χ2v) is 5.53. The lowest BCUT2D eigenvalue weighted by molar-refractivity contribution is 0.0490. The lowest BCUT2D eigenvalue weighted by Crippen LogP contribution is -2.34. The average molecular weight is 290 g/mol. The molecule has 5 heteroatoms. The molecule has 0 aliphatic heterocycles. The Morgan fingerprint density at radius 2 is 1.90 bits per heavy atom. The molecule has 0 atom stereocenters. The van der Waals surface area contributed by atoms with E-state index in [1.807, 2.05) is 36.4 Å². The highest BCUT2D eigenvalue weighted by molar-refractivity contribution is 7.11. The lowest BCUT2D eigenvalue weighted by Gasteiger charge is -2.07. The number of amides is 2. The summed E-state index contributed by atoms with van der Waals surface area (Å²) in [5.74, 6) is 0. The van der Waals surface area contributed by atoms with Crippen LogP contribution >= 0.6 is 11.3 Å². The lowest BCUT2D eigenvalue weighted by atomic mass is 10.2. The van der Waals surface area contributed by atoms with E-state index in [-0.39, 0.29) is 6.03 Å². The van der Waals surface area contributed by atoms with E-state index in [1.165, 1.54) is 4.88 Å². The molecule has 0 bridgehead atoms. The highest BCUT2D eigenvalue weighted by Crippen LogP contribution is 2.16. The van der Waals surface area contributed by atoms with Crippen LogP contribution in [-0.4, -0.2) is 6.03 Å². The highest BCUT2D eigenvalue weighted by Gasteiger charge is 2.03. The minimum atomic E-state index is -0.327. The standard InChI is InChI=1S/C15H18N2O2S/c1-2-13-8-9-14(20-13)10-16-15(18)17-19-11-12-6-4-3-5-7-12/h3-9H,2,10-11H2,1H3,(H2,16,17,18). The van der Waals surface area contributed by atoms with Crippen molar-refractivity contribution in [2.75, 3.05) is 0 Å². The van der Waals surface area contributed by atoms with Crippen LogP contribution < -0.4 is 10.8 Å². The van der Waals surface area contributed by atoms with E-state index < -0.39 is 0 Å². The molecule has 4 nitrogen and oxygen atoms in total. The largest absolute Gasteiger partial charge is 0.339 e. The number of urea groups is 1. The summed E-state index contributed by atoms with van der Waals surface area (Å²) < 4.78 is 0. The minimum Gasteiger partial charge on any atom is -0.331 e. The predicted octanol–water partition coefficient (Wildman–Crippen LogP) is 3.24. The molecule has 20 heavy (non-hydrogen) atoms. The highest BCUT2D eigenvalue weighted by atomic mass is 32.1. The van der Waals surface area contributed by atoms with Crippen LogP contribution in [0, 0.1) is 0 Å². The number of aryl methyl sites for hydroxylation is 1. The van der Waals surface area contributed by atoms with Crippen molar-refractivity contribution >= 4 is 17.4 Å². The first-order valence-corrected chi connectivity index (χ1v) is 7.36. The van der Waals surface area contributed by atoms with E-state index >= 15 is 0 Å². The molecule has 2 aromatic rings. The molecule has 2 amide bonds. The molecule has 0 saturated carbocycles. The van der Waals surface area contributed by atoms with Gasteiger partial charge in [-0.1, -0.05) is 37.3 Å². The molecule has 0 fully saturated rings. The fourth-order valence-corrected chi connectivity index (χ4v) is 2.57. The zero-order valence-electron chi connectivity index (χ0n) is 11.4. The third-order valence-electron chi connectivity index (χ3n) is 2.74. The number of nitrogens with one attached hydrogen (secondary N) is 2. The molecule has 0 saturated heterocycles. The molecule has 0 aliphatic carbocycles. The van der Waals surface area contributed by atoms with Crippen LogP contribution in [0.3, 0.4) is 0 Å². The van der Waals surface area contributed by atoms with Crippen LogP contribution in [0.15, 0.2) is 42.5 Å². The second-order valence-electron chi connectivity index (χ2n) is 4.28. The van der Waals surface area contributed by atoms with Crippen LogP contribution in [-0.2, 0) is 24.4 Å². The SMILES string of the molecule is CCc1ccc(CNC(=O)NOCc2ccccc2)s1. The molecule has 106 valence electrons. The van der Waals surface area contributed by atoms with Crippen molar-refractivity contribution in [2.24, 2.45) is 0 Å². The van der Waals surface area contributed by atoms with Gasteiger partial charge in [0.25, 0.3) is 0 Å².